The second kappa shape index (κ2) is 9.73. The van der Waals surface area contributed by atoms with Crippen molar-refractivity contribution in [2.45, 2.75) is 55.8 Å². The fourth-order valence-corrected chi connectivity index (χ4v) is 7.94. The Morgan fingerprint density at radius 3 is 2.71 bits per heavy atom. The molecule has 0 spiro atoms. The van der Waals surface area contributed by atoms with Gasteiger partial charge in [0.2, 0.25) is 0 Å². The molecule has 2 aromatic carbocycles. The number of piperazine rings is 1. The van der Waals surface area contributed by atoms with Crippen molar-refractivity contribution in [3.8, 4) is 17.3 Å². The van der Waals surface area contributed by atoms with Crippen molar-refractivity contribution >= 4 is 39.1 Å². The maximum absolute atomic E-state index is 16.6. The van der Waals surface area contributed by atoms with Gasteiger partial charge >= 0.3 is 6.01 Å². The Morgan fingerprint density at radius 1 is 1.10 bits per heavy atom. The summed E-state index contributed by atoms with van der Waals surface area (Å²) in [5, 5.41) is 16.7. The minimum absolute atomic E-state index is 0.0123. The monoisotopic (exact) mass is 574 g/mol. The molecule has 212 valence electrons. The molecule has 10 heteroatoms. The van der Waals surface area contributed by atoms with Gasteiger partial charge in [-0.25, -0.2) is 4.39 Å². The number of halogens is 2. The second-order valence-corrected chi connectivity index (χ2v) is 12.4. The van der Waals surface area contributed by atoms with Crippen molar-refractivity contribution in [2.24, 2.45) is 0 Å². The van der Waals surface area contributed by atoms with Gasteiger partial charge in [0.25, 0.3) is 0 Å². The van der Waals surface area contributed by atoms with Gasteiger partial charge in [0.05, 0.1) is 23.1 Å². The van der Waals surface area contributed by atoms with Crippen LogP contribution in [-0.2, 0) is 0 Å². The van der Waals surface area contributed by atoms with Crippen molar-refractivity contribution in [1.29, 1.82) is 0 Å². The molecule has 4 aliphatic heterocycles. The van der Waals surface area contributed by atoms with Gasteiger partial charge in [-0.2, -0.15) is 9.97 Å². The van der Waals surface area contributed by atoms with E-state index in [1.54, 1.807) is 12.3 Å². The molecule has 6 heterocycles. The summed E-state index contributed by atoms with van der Waals surface area (Å²) in [4.78, 5) is 18.8. The average molecular weight is 575 g/mol. The van der Waals surface area contributed by atoms with Crippen molar-refractivity contribution in [1.82, 2.24) is 25.2 Å². The summed E-state index contributed by atoms with van der Waals surface area (Å²) in [5.41, 5.74) is 1.000. The summed E-state index contributed by atoms with van der Waals surface area (Å²) in [6.45, 7) is 3.89. The van der Waals surface area contributed by atoms with Crippen LogP contribution in [0.3, 0.4) is 0 Å². The number of nitrogens with one attached hydrogen (secondary N) is 1. The Balaban J connectivity index is 1.25. The number of hydrogen-bond donors (Lipinski definition) is 2. The largest absolute Gasteiger partial charge is 0.461 e. The Morgan fingerprint density at radius 2 is 1.90 bits per heavy atom. The van der Waals surface area contributed by atoms with Crippen LogP contribution in [0.2, 0.25) is 5.02 Å². The molecule has 0 aliphatic carbocycles. The standard InChI is InChI=1S/C31H32ClFN6O2/c32-22-8-2-6-18-5-1-7-20(25(18)22)27-26(33)28-21(14-34-27)29(38-15-19-13-24(40)23(16-38)35-19)37-30(36-28)41-17-31-9-3-11-39(31)12-4-10-31/h1-2,5-8,14,19,23-24,35,40H,3-4,9-13,15-17H2/t19?,23-,24-/m1/s1. The van der Waals surface area contributed by atoms with E-state index in [0.29, 0.717) is 47.9 Å². The quantitative estimate of drug-likeness (QED) is 0.359. The molecule has 8 nitrogen and oxygen atoms in total. The fraction of sp³-hybridized carbons (Fsp3) is 0.452. The SMILES string of the molecule is O[C@@H]1CC2CN(c3nc(OCC45CCCN4CCC5)nc4c(F)c(-c5cccc6cccc(Cl)c56)ncc34)C[C@H]1N2. The lowest BCUT2D eigenvalue weighted by Crippen LogP contribution is -2.53. The van der Waals surface area contributed by atoms with E-state index in [0.717, 1.165) is 49.5 Å². The highest BCUT2D eigenvalue weighted by molar-refractivity contribution is 6.36. The number of aliphatic hydroxyl groups is 1. The summed E-state index contributed by atoms with van der Waals surface area (Å²) in [6, 6.07) is 11.6. The maximum Gasteiger partial charge on any atom is 0.319 e. The summed E-state index contributed by atoms with van der Waals surface area (Å²) in [6.07, 6.45) is 6.45. The third-order valence-corrected chi connectivity index (χ3v) is 9.95. The van der Waals surface area contributed by atoms with Gasteiger partial charge in [-0.3, -0.25) is 9.88 Å². The number of pyridine rings is 1. The zero-order chi connectivity index (χ0) is 27.7. The van der Waals surface area contributed by atoms with Crippen LogP contribution < -0.4 is 15.0 Å². The van der Waals surface area contributed by atoms with Gasteiger partial charge in [0.1, 0.15) is 23.6 Å². The molecule has 1 unspecified atom stereocenters. The van der Waals surface area contributed by atoms with Crippen LogP contribution in [0.25, 0.3) is 32.9 Å². The number of fused-ring (bicyclic) bond motifs is 5. The average Bonchev–Trinajstić information content (AvgIpc) is 3.63. The number of nitrogens with zero attached hydrogens (tertiary/aromatic N) is 5. The molecular weight excluding hydrogens is 543 g/mol. The number of aromatic nitrogens is 3. The Hall–Kier alpha value is -3.11. The molecule has 41 heavy (non-hydrogen) atoms. The van der Waals surface area contributed by atoms with Gasteiger partial charge in [0.15, 0.2) is 5.82 Å². The van der Waals surface area contributed by atoms with E-state index in [1.807, 2.05) is 30.3 Å². The topological polar surface area (TPSA) is 86.6 Å². The number of aliphatic hydroxyl groups excluding tert-OH is 1. The third-order valence-electron chi connectivity index (χ3n) is 9.63. The Labute approximate surface area is 242 Å². The van der Waals surface area contributed by atoms with Crippen LogP contribution in [-0.4, -0.2) is 81.5 Å². The minimum Gasteiger partial charge on any atom is -0.461 e. The van der Waals surface area contributed by atoms with Gasteiger partial charge in [-0.15, -0.1) is 0 Å². The molecule has 3 atom stereocenters. The molecule has 2 bridgehead atoms. The number of hydrogen-bond acceptors (Lipinski definition) is 8. The predicted molar refractivity (Wildman–Crippen MR) is 157 cm³/mol. The molecule has 2 N–H and O–H groups in total. The van der Waals surface area contributed by atoms with Crippen LogP contribution in [0.15, 0.2) is 42.6 Å². The van der Waals surface area contributed by atoms with E-state index in [2.05, 4.69) is 25.1 Å². The van der Waals surface area contributed by atoms with Gasteiger partial charge in [-0.05, 0) is 56.6 Å². The highest BCUT2D eigenvalue weighted by Gasteiger charge is 2.45. The highest BCUT2D eigenvalue weighted by Crippen LogP contribution is 2.41. The van der Waals surface area contributed by atoms with Crippen LogP contribution in [0.1, 0.15) is 32.1 Å². The molecule has 8 rings (SSSR count). The highest BCUT2D eigenvalue weighted by atomic mass is 35.5. The lowest BCUT2D eigenvalue weighted by atomic mass is 9.95. The van der Waals surface area contributed by atoms with E-state index in [9.17, 15) is 5.11 Å². The van der Waals surface area contributed by atoms with E-state index in [4.69, 9.17) is 21.3 Å². The van der Waals surface area contributed by atoms with Crippen molar-refractivity contribution < 1.29 is 14.2 Å². The van der Waals surface area contributed by atoms with Gasteiger partial charge in [0, 0.05) is 41.3 Å². The molecule has 0 amide bonds. The maximum atomic E-state index is 16.6. The first-order valence-electron chi connectivity index (χ1n) is 14.6. The van der Waals surface area contributed by atoms with Crippen LogP contribution in [0, 0.1) is 5.82 Å². The molecule has 0 saturated carbocycles. The number of rotatable bonds is 5. The molecular formula is C31H32ClFN6O2. The summed E-state index contributed by atoms with van der Waals surface area (Å²) in [5.74, 6) is 0.0692. The van der Waals surface area contributed by atoms with Crippen molar-refractivity contribution in [2.75, 3.05) is 37.7 Å². The zero-order valence-electron chi connectivity index (χ0n) is 22.7. The smallest absolute Gasteiger partial charge is 0.319 e. The molecule has 2 aromatic heterocycles. The van der Waals surface area contributed by atoms with Crippen LogP contribution in [0.5, 0.6) is 6.01 Å². The zero-order valence-corrected chi connectivity index (χ0v) is 23.4. The Kier molecular flexibility index (Phi) is 6.07. The molecule has 4 saturated heterocycles. The first kappa shape index (κ1) is 25.6. The number of ether oxygens (including phenoxy) is 1. The van der Waals surface area contributed by atoms with Crippen LogP contribution in [0.4, 0.5) is 10.2 Å². The van der Waals surface area contributed by atoms with E-state index < -0.39 is 11.9 Å². The lowest BCUT2D eigenvalue weighted by molar-refractivity contribution is 0.108. The fourth-order valence-electron chi connectivity index (χ4n) is 7.66. The third kappa shape index (κ3) is 4.16. The van der Waals surface area contributed by atoms with E-state index in [-0.39, 0.29) is 34.8 Å². The molecule has 0 radical (unpaired) electrons. The van der Waals surface area contributed by atoms with Crippen LogP contribution >= 0.6 is 11.6 Å². The lowest BCUT2D eigenvalue weighted by Gasteiger charge is -2.35. The van der Waals surface area contributed by atoms with Crippen molar-refractivity contribution in [3.63, 3.8) is 0 Å². The number of benzene rings is 2. The first-order valence-corrected chi connectivity index (χ1v) is 15.0. The van der Waals surface area contributed by atoms with Gasteiger partial charge < -0.3 is 20.1 Å². The molecule has 4 fully saturated rings. The minimum atomic E-state index is -0.525. The van der Waals surface area contributed by atoms with Crippen molar-refractivity contribution in [3.05, 3.63) is 53.4 Å². The predicted octanol–water partition coefficient (Wildman–Crippen LogP) is 4.56. The summed E-state index contributed by atoms with van der Waals surface area (Å²) in [7, 11) is 0. The summed E-state index contributed by atoms with van der Waals surface area (Å²) < 4.78 is 22.9. The van der Waals surface area contributed by atoms with Gasteiger partial charge in [-0.1, -0.05) is 41.9 Å². The van der Waals surface area contributed by atoms with E-state index >= 15 is 4.39 Å². The second-order valence-electron chi connectivity index (χ2n) is 12.0. The molecule has 4 aliphatic rings. The normalized spacial score (nSPS) is 25.3. The van der Waals surface area contributed by atoms with E-state index in [1.165, 1.54) is 0 Å². The first-order chi connectivity index (χ1) is 20.0. The number of anilines is 1. The molecule has 4 aromatic rings. The Bertz CT molecular complexity index is 1650. The summed E-state index contributed by atoms with van der Waals surface area (Å²) >= 11 is 6.59.